The van der Waals surface area contributed by atoms with Crippen LogP contribution in [0.2, 0.25) is 0 Å². The lowest BCUT2D eigenvalue weighted by atomic mass is 9.96. The minimum absolute atomic E-state index is 0.127. The fourth-order valence-corrected chi connectivity index (χ4v) is 9.57. The molecule has 0 aromatic carbocycles. The van der Waals surface area contributed by atoms with Crippen molar-refractivity contribution in [1.29, 1.82) is 48.4 Å². The Hall–Kier alpha value is -12.1. The quantitative estimate of drug-likeness (QED) is 0.0266. The van der Waals surface area contributed by atoms with E-state index in [-0.39, 0.29) is 17.9 Å². The van der Waals surface area contributed by atoms with Gasteiger partial charge in [0, 0.05) is 292 Å². The summed E-state index contributed by atoms with van der Waals surface area (Å²) in [6, 6.07) is 0.895. The van der Waals surface area contributed by atoms with Crippen LogP contribution < -0.4 is 73.3 Å². The summed E-state index contributed by atoms with van der Waals surface area (Å²) in [5.41, 5.74) is 52.7. The summed E-state index contributed by atoms with van der Waals surface area (Å²) >= 11 is 0. The van der Waals surface area contributed by atoms with Gasteiger partial charge in [-0.05, 0) is 175 Å². The maximum Gasteiger partial charge on any atom is 0.209 e. The standard InChI is InChI=1S/C11H20N4.C10H21N3.3C7H14N2.3C6H15N3.C5H10N4.3C5H13N3.3C4H11N3.C3H9N3/c1-3-15(2)11(13-9-12)14-10-7-5-4-6-8-10;1-3-13(2)10(11)12-9-7-5-4-6-8-9;3*1-3-9(2)7(8)6-4-5-6;3*1-5-9(4)6(7)8(2)3;1-3-9(2)5(7)8-4-6;2*1-4-7-5(6)8(2)3;1-4-8(3)5(6)7-2;1-3-7(2)4(5)6;2*1-3-7-4(5)6-2;1-2-6-3(4)5/h10H,3-8H2,1-2H3,(H,13,14);9H,3-8H2,1-2H3,(H2,11,12);3*6,8H,3-5H2,1-2H3;3*7H,5H2,1-4H3;3H2,1-2H3,(H2,7,8);3*4H2,1-3H3,(H2,6,7);3H2,1-2H3,(H3,5,6);2*3H2,1-2H3,(H3,5,6,7);2H2,1H3,(H4,4,5,6). The summed E-state index contributed by atoms with van der Waals surface area (Å²) < 4.78 is 0. The molecule has 0 bridgehead atoms. The number of hydrogen-bond donors (Lipinski definition) is 20. The molecule has 5 aliphatic carbocycles. The van der Waals surface area contributed by atoms with E-state index in [1.54, 1.807) is 75.7 Å². The van der Waals surface area contributed by atoms with E-state index in [1.807, 2.05) is 260 Å². The molecule has 0 aliphatic heterocycles. The number of nitrogens with one attached hydrogen (secondary N) is 10. The molecule has 5 saturated carbocycles. The molecule has 30 N–H and O–H groups in total. The number of nitrogens with zero attached hydrogens (tertiary/aromatic N) is 27. The van der Waals surface area contributed by atoms with Crippen LogP contribution in [0.4, 0.5) is 0 Å². The minimum atomic E-state index is 0.127. The third kappa shape index (κ3) is 96.8. The molecule has 5 rings (SSSR count). The van der Waals surface area contributed by atoms with Crippen LogP contribution in [0.15, 0.2) is 44.9 Å². The third-order valence-electron chi connectivity index (χ3n) is 21.1. The molecular weight excluding hydrogens is 1800 g/mol. The van der Waals surface area contributed by atoms with E-state index < -0.39 is 0 Å². The van der Waals surface area contributed by atoms with Gasteiger partial charge in [-0.1, -0.05) is 38.5 Å². The van der Waals surface area contributed by atoms with Crippen LogP contribution in [0, 0.1) is 78.5 Å². The number of aliphatic imine (C=N–C) groups is 9. The van der Waals surface area contributed by atoms with Gasteiger partial charge in [0.05, 0.1) is 29.6 Å². The van der Waals surface area contributed by atoms with Crippen molar-refractivity contribution in [3.05, 3.63) is 0 Å². The molecule has 142 heavy (non-hydrogen) atoms. The van der Waals surface area contributed by atoms with Crippen molar-refractivity contribution in [2.75, 3.05) is 274 Å². The van der Waals surface area contributed by atoms with Crippen LogP contribution in [0.25, 0.3) is 0 Å². The highest BCUT2D eigenvalue weighted by atomic mass is 15.3. The van der Waals surface area contributed by atoms with Gasteiger partial charge >= 0.3 is 0 Å². The average Bonchev–Trinajstić information content (AvgIpc) is 1.75. The Balaban J connectivity index is -0.000000144. The molecule has 47 nitrogen and oxygen atoms in total. The Bertz CT molecular complexity index is 3250. The molecule has 0 aromatic rings. The Morgan fingerprint density at radius 2 is 0.556 bits per heavy atom. The van der Waals surface area contributed by atoms with Crippen molar-refractivity contribution < 1.29 is 0 Å². The van der Waals surface area contributed by atoms with Crippen LogP contribution in [0.3, 0.4) is 0 Å². The largest absolute Gasteiger partial charge is 0.370 e. The molecule has 0 heterocycles. The lowest BCUT2D eigenvalue weighted by Gasteiger charge is -2.23. The first-order valence-corrected chi connectivity index (χ1v) is 50.0. The predicted octanol–water partition coefficient (Wildman–Crippen LogP) is 6.14. The van der Waals surface area contributed by atoms with Gasteiger partial charge in [-0.2, -0.15) is 10.5 Å². The molecule has 834 valence electrons. The summed E-state index contributed by atoms with van der Waals surface area (Å²) in [6.45, 7) is 45.8. The summed E-state index contributed by atoms with van der Waals surface area (Å²) in [6.07, 6.45) is 23.6. The first-order valence-electron chi connectivity index (χ1n) is 50.0. The van der Waals surface area contributed by atoms with E-state index >= 15 is 0 Å². The van der Waals surface area contributed by atoms with Crippen LogP contribution in [-0.4, -0.2) is 459 Å². The van der Waals surface area contributed by atoms with E-state index in [1.165, 1.54) is 89.9 Å². The second-order valence-electron chi connectivity index (χ2n) is 33.7. The lowest BCUT2D eigenvalue weighted by molar-refractivity contribution is 0.431. The normalized spacial score (nSPS) is 13.3. The highest BCUT2D eigenvalue weighted by molar-refractivity contribution is 5.86. The second kappa shape index (κ2) is 100. The molecule has 5 fully saturated rings. The average molecular weight is 2020 g/mol. The smallest absolute Gasteiger partial charge is 0.209 e. The van der Waals surface area contributed by atoms with Gasteiger partial charge in [-0.25, -0.2) is 9.98 Å². The van der Waals surface area contributed by atoms with Crippen molar-refractivity contribution >= 4 is 95.0 Å². The molecule has 0 amide bonds. The van der Waals surface area contributed by atoms with Crippen LogP contribution in [0.1, 0.15) is 214 Å². The molecule has 0 radical (unpaired) electrons. The Kier molecular flexibility index (Phi) is 108. The summed E-state index contributed by atoms with van der Waals surface area (Å²) in [5, 5.41) is 76.6. The predicted molar refractivity (Wildman–Crippen MR) is 616 cm³/mol. The number of guanidine groups is 13. The van der Waals surface area contributed by atoms with Gasteiger partial charge in [-0.15, -0.1) is 4.99 Å². The molecular formula is C95H219N47. The zero-order valence-electron chi connectivity index (χ0n) is 97.4. The second-order valence-corrected chi connectivity index (χ2v) is 33.7. The number of nitriles is 2. The lowest BCUT2D eigenvalue weighted by Crippen LogP contribution is -2.37. The zero-order chi connectivity index (χ0) is 113. The third-order valence-corrected chi connectivity index (χ3v) is 21.1. The Labute approximate surface area is 865 Å². The Morgan fingerprint density at radius 3 is 0.711 bits per heavy atom. The number of rotatable bonds is 21. The van der Waals surface area contributed by atoms with Crippen molar-refractivity contribution in [1.82, 2.24) is 94.3 Å². The topological polar surface area (TPSA) is 674 Å². The fraction of sp³-hybridized carbons (Fsp3) is 0.811. The molecule has 0 saturated heterocycles. The number of nitrogens with two attached hydrogens (primary N) is 10. The van der Waals surface area contributed by atoms with E-state index in [0.29, 0.717) is 96.0 Å². The van der Waals surface area contributed by atoms with Crippen LogP contribution in [0.5, 0.6) is 0 Å². The molecule has 0 spiro atoms. The first kappa shape index (κ1) is 153. The van der Waals surface area contributed by atoms with E-state index in [0.717, 1.165) is 129 Å². The van der Waals surface area contributed by atoms with E-state index in [2.05, 4.69) is 95.5 Å². The van der Waals surface area contributed by atoms with Crippen molar-refractivity contribution in [3.8, 4) is 12.4 Å². The van der Waals surface area contributed by atoms with Crippen LogP contribution in [-0.2, 0) is 0 Å². The number of amidine groups is 3. The maximum absolute atomic E-state index is 8.64. The zero-order valence-corrected chi connectivity index (χ0v) is 97.4. The van der Waals surface area contributed by atoms with Gasteiger partial charge < -0.3 is 146 Å². The van der Waals surface area contributed by atoms with E-state index in [9.17, 15) is 0 Å². The van der Waals surface area contributed by atoms with E-state index in [4.69, 9.17) is 106 Å². The first-order chi connectivity index (χ1) is 66.4. The Morgan fingerprint density at radius 1 is 0.296 bits per heavy atom. The van der Waals surface area contributed by atoms with Crippen molar-refractivity contribution in [2.24, 2.45) is 120 Å². The fourth-order valence-electron chi connectivity index (χ4n) is 9.57. The summed E-state index contributed by atoms with van der Waals surface area (Å²) in [5.74, 6) is 10.7. The monoisotopic (exact) mass is 2020 g/mol. The van der Waals surface area contributed by atoms with Gasteiger partial charge in [0.1, 0.15) is 0 Å². The van der Waals surface area contributed by atoms with Crippen molar-refractivity contribution in [2.45, 2.75) is 226 Å². The van der Waals surface area contributed by atoms with Crippen LogP contribution >= 0.6 is 0 Å². The minimum Gasteiger partial charge on any atom is -0.370 e. The molecule has 0 unspecified atom stereocenters. The molecule has 5 aliphatic rings. The SMILES string of the molecule is CCN(C)C(=N)C1CC1.CCN(C)C(=N)C1CC1.CCN(C)C(=N)C1CC1.CCN(C)C(=N)N.CCN(C)C(=N)N(C)C.CCN(C)C(=N)N(C)C.CCN(C)C(=N)N(C)C.CCN(C)C(=NC1CCCCC1)NC#N.CCN(C)C(N)=NC.CCN(C)C(N)=NC#N.CCN(C)C(N)=NC1CCCCC1.CCN=C(N)N.CCN=C(N)N(C)C.CCN=C(N)N(C)C.CCNC(N)=NC.CCNC(N)=NC. The highest BCUT2D eigenvalue weighted by Gasteiger charge is 2.30. The van der Waals surface area contributed by atoms with Crippen molar-refractivity contribution in [3.63, 3.8) is 0 Å². The maximum atomic E-state index is 8.64. The molecule has 47 heteroatoms. The summed E-state index contributed by atoms with van der Waals surface area (Å²) in [7, 11) is 44.8. The summed E-state index contributed by atoms with van der Waals surface area (Å²) in [4.78, 5) is 64.8. The molecule has 0 atom stereocenters. The molecule has 0 aromatic heterocycles. The van der Waals surface area contributed by atoms with Gasteiger partial charge in [0.2, 0.25) is 18.1 Å². The van der Waals surface area contributed by atoms with Gasteiger partial charge in [0.15, 0.2) is 71.7 Å². The van der Waals surface area contributed by atoms with Gasteiger partial charge in [-0.3, -0.25) is 73.1 Å². The number of hydrogen-bond acceptors (Lipinski definition) is 18. The highest BCUT2D eigenvalue weighted by Crippen LogP contribution is 2.32. The van der Waals surface area contributed by atoms with Gasteiger partial charge in [0.25, 0.3) is 0 Å².